The Kier molecular flexibility index (Phi) is 5.15. The van der Waals surface area contributed by atoms with Crippen molar-refractivity contribution >= 4 is 28.3 Å². The van der Waals surface area contributed by atoms with Crippen LogP contribution in [0, 0.1) is 19.8 Å². The van der Waals surface area contributed by atoms with E-state index >= 15 is 0 Å². The van der Waals surface area contributed by atoms with Crippen molar-refractivity contribution in [1.82, 2.24) is 14.8 Å². The molecule has 3 N–H and O–H groups in total. The maximum Gasteiger partial charge on any atom is 0.260 e. The van der Waals surface area contributed by atoms with Gasteiger partial charge in [-0.05, 0) is 19.8 Å². The van der Waals surface area contributed by atoms with Crippen LogP contribution in [0.4, 0.5) is 5.13 Å². The summed E-state index contributed by atoms with van der Waals surface area (Å²) in [7, 11) is 0. The van der Waals surface area contributed by atoms with Crippen molar-refractivity contribution < 1.29 is 9.59 Å². The fourth-order valence-corrected chi connectivity index (χ4v) is 2.97. The second-order valence-electron chi connectivity index (χ2n) is 5.84. The van der Waals surface area contributed by atoms with Crippen LogP contribution in [0.3, 0.4) is 0 Å². The molecule has 0 radical (unpaired) electrons. The summed E-state index contributed by atoms with van der Waals surface area (Å²) in [6.07, 6.45) is 1.58. The Bertz CT molecular complexity index is 732. The zero-order valence-electron chi connectivity index (χ0n) is 13.7. The van der Waals surface area contributed by atoms with Crippen LogP contribution in [0.1, 0.15) is 40.5 Å². The molecule has 2 rings (SSSR count). The van der Waals surface area contributed by atoms with Gasteiger partial charge in [0, 0.05) is 17.8 Å². The van der Waals surface area contributed by atoms with Crippen molar-refractivity contribution in [3.8, 4) is 0 Å². The molecular weight excluding hydrogens is 314 g/mol. The summed E-state index contributed by atoms with van der Waals surface area (Å²) < 4.78 is 1.94. The highest BCUT2D eigenvalue weighted by Gasteiger charge is 2.17. The second-order valence-corrected chi connectivity index (χ2v) is 6.87. The summed E-state index contributed by atoms with van der Waals surface area (Å²) >= 11 is 1.06. The first-order valence-corrected chi connectivity index (χ1v) is 8.18. The van der Waals surface area contributed by atoms with E-state index < -0.39 is 5.91 Å². The molecule has 8 heteroatoms. The monoisotopic (exact) mass is 335 g/mol. The number of aromatic nitrogens is 3. The predicted molar refractivity (Wildman–Crippen MR) is 89.5 cm³/mol. The molecule has 0 aliphatic rings. The van der Waals surface area contributed by atoms with E-state index in [1.54, 1.807) is 0 Å². The van der Waals surface area contributed by atoms with Crippen LogP contribution >= 0.6 is 11.3 Å². The van der Waals surface area contributed by atoms with Gasteiger partial charge in [-0.25, -0.2) is 4.98 Å². The highest BCUT2D eigenvalue weighted by atomic mass is 32.1. The SMILES string of the molecule is Cc1nn(CC(C)C)c(C)c1CC(=O)Nc1ncc(C(N)=O)s1. The molecule has 2 heterocycles. The van der Waals surface area contributed by atoms with Crippen LogP contribution in [0.2, 0.25) is 0 Å². The van der Waals surface area contributed by atoms with Crippen molar-refractivity contribution in [2.24, 2.45) is 11.7 Å². The third-order valence-electron chi connectivity index (χ3n) is 3.40. The van der Waals surface area contributed by atoms with Crippen molar-refractivity contribution in [2.45, 2.75) is 40.7 Å². The fourth-order valence-electron chi connectivity index (χ4n) is 2.28. The minimum atomic E-state index is -0.551. The van der Waals surface area contributed by atoms with Crippen LogP contribution in [0.5, 0.6) is 0 Å². The third-order valence-corrected chi connectivity index (χ3v) is 4.33. The highest BCUT2D eigenvalue weighted by molar-refractivity contribution is 7.17. The molecule has 0 aromatic carbocycles. The van der Waals surface area contributed by atoms with Crippen molar-refractivity contribution in [3.05, 3.63) is 28.0 Å². The van der Waals surface area contributed by atoms with Gasteiger partial charge < -0.3 is 11.1 Å². The third kappa shape index (κ3) is 4.16. The first kappa shape index (κ1) is 17.1. The normalized spacial score (nSPS) is 11.0. The van der Waals surface area contributed by atoms with E-state index in [1.165, 1.54) is 6.20 Å². The lowest BCUT2D eigenvalue weighted by Gasteiger charge is -2.08. The van der Waals surface area contributed by atoms with E-state index in [-0.39, 0.29) is 12.3 Å². The minimum Gasteiger partial charge on any atom is -0.365 e. The Labute approximate surface area is 138 Å². The summed E-state index contributed by atoms with van der Waals surface area (Å²) in [6.45, 7) is 8.95. The molecule has 7 nitrogen and oxygen atoms in total. The van der Waals surface area contributed by atoms with Crippen molar-refractivity contribution in [2.75, 3.05) is 5.32 Å². The summed E-state index contributed by atoms with van der Waals surface area (Å²) in [5.41, 5.74) is 7.96. The number of nitrogens with zero attached hydrogens (tertiary/aromatic N) is 3. The van der Waals surface area contributed by atoms with Crippen LogP contribution in [-0.2, 0) is 17.8 Å². The van der Waals surface area contributed by atoms with Gasteiger partial charge in [0.15, 0.2) is 5.13 Å². The number of carbonyl (C=O) groups excluding carboxylic acids is 2. The number of carbonyl (C=O) groups is 2. The molecule has 0 fully saturated rings. The van der Waals surface area contributed by atoms with Gasteiger partial charge in [0.05, 0.1) is 18.3 Å². The maximum atomic E-state index is 12.2. The molecule has 0 aliphatic heterocycles. The van der Waals surface area contributed by atoms with Gasteiger partial charge in [0.2, 0.25) is 5.91 Å². The van der Waals surface area contributed by atoms with Crippen LogP contribution < -0.4 is 11.1 Å². The number of aryl methyl sites for hydroxylation is 1. The van der Waals surface area contributed by atoms with E-state index in [2.05, 4.69) is 29.2 Å². The molecule has 0 unspecified atom stereocenters. The molecule has 23 heavy (non-hydrogen) atoms. The first-order valence-electron chi connectivity index (χ1n) is 7.36. The van der Waals surface area contributed by atoms with E-state index in [1.807, 2.05) is 18.5 Å². The number of anilines is 1. The Morgan fingerprint density at radius 1 is 1.39 bits per heavy atom. The smallest absolute Gasteiger partial charge is 0.260 e. The Hall–Kier alpha value is -2.22. The number of rotatable bonds is 6. The van der Waals surface area contributed by atoms with Crippen LogP contribution in [0.25, 0.3) is 0 Å². The molecule has 0 aliphatic carbocycles. The lowest BCUT2D eigenvalue weighted by molar-refractivity contribution is -0.115. The lowest BCUT2D eigenvalue weighted by atomic mass is 10.1. The topological polar surface area (TPSA) is 103 Å². The Morgan fingerprint density at radius 3 is 2.65 bits per heavy atom. The molecule has 0 atom stereocenters. The Morgan fingerprint density at radius 2 is 2.09 bits per heavy atom. The minimum absolute atomic E-state index is 0.189. The van der Waals surface area contributed by atoms with Crippen LogP contribution in [0.15, 0.2) is 6.20 Å². The van der Waals surface area contributed by atoms with E-state index in [0.29, 0.717) is 15.9 Å². The number of primary amides is 1. The standard InChI is InChI=1S/C15H21N5O2S/c1-8(2)7-20-10(4)11(9(3)19-20)5-13(21)18-15-17-6-12(23-15)14(16)22/h6,8H,5,7H2,1-4H3,(H2,16,22)(H,17,18,21). The first-order chi connectivity index (χ1) is 10.8. The average Bonchev–Trinajstić information content (AvgIpc) is 2.99. The number of amides is 2. The molecule has 0 bridgehead atoms. The van der Waals surface area contributed by atoms with Gasteiger partial charge in [0.1, 0.15) is 4.88 Å². The largest absolute Gasteiger partial charge is 0.365 e. The zero-order valence-corrected chi connectivity index (χ0v) is 14.5. The molecule has 124 valence electrons. The van der Waals surface area contributed by atoms with Gasteiger partial charge >= 0.3 is 0 Å². The van der Waals surface area contributed by atoms with Crippen molar-refractivity contribution in [3.63, 3.8) is 0 Å². The van der Waals surface area contributed by atoms with Gasteiger partial charge in [-0.3, -0.25) is 14.3 Å². The Balaban J connectivity index is 2.07. The molecule has 0 spiro atoms. The highest BCUT2D eigenvalue weighted by Crippen LogP contribution is 2.19. The lowest BCUT2D eigenvalue weighted by Crippen LogP contribution is -2.15. The summed E-state index contributed by atoms with van der Waals surface area (Å²) in [5.74, 6) is -0.257. The van der Waals surface area contributed by atoms with E-state index in [9.17, 15) is 9.59 Å². The molecule has 0 saturated carbocycles. The average molecular weight is 335 g/mol. The van der Waals surface area contributed by atoms with E-state index in [0.717, 1.165) is 34.8 Å². The van der Waals surface area contributed by atoms with Gasteiger partial charge in [-0.1, -0.05) is 25.2 Å². The summed E-state index contributed by atoms with van der Waals surface area (Å²) in [6, 6.07) is 0. The summed E-state index contributed by atoms with van der Waals surface area (Å²) in [5, 5.41) is 7.56. The summed E-state index contributed by atoms with van der Waals surface area (Å²) in [4.78, 5) is 27.5. The molecule has 2 aromatic heterocycles. The maximum absolute atomic E-state index is 12.2. The molecule has 2 amide bonds. The van der Waals surface area contributed by atoms with Crippen LogP contribution in [-0.4, -0.2) is 26.6 Å². The zero-order chi connectivity index (χ0) is 17.1. The predicted octanol–water partition coefficient (Wildman–Crippen LogP) is 1.89. The molecular formula is C15H21N5O2S. The number of hydrogen-bond acceptors (Lipinski definition) is 5. The van der Waals surface area contributed by atoms with Crippen molar-refractivity contribution in [1.29, 1.82) is 0 Å². The number of nitrogens with one attached hydrogen (secondary N) is 1. The number of thiazole rings is 1. The van der Waals surface area contributed by atoms with Gasteiger partial charge in [-0.15, -0.1) is 0 Å². The number of nitrogens with two attached hydrogens (primary N) is 1. The molecule has 2 aromatic rings. The quantitative estimate of drug-likeness (QED) is 0.841. The number of hydrogen-bond donors (Lipinski definition) is 2. The van der Waals surface area contributed by atoms with Gasteiger partial charge in [0.25, 0.3) is 5.91 Å². The fraction of sp³-hybridized carbons (Fsp3) is 0.467. The molecule has 0 saturated heterocycles. The second kappa shape index (κ2) is 6.91. The van der Waals surface area contributed by atoms with E-state index in [4.69, 9.17) is 5.73 Å². The van der Waals surface area contributed by atoms with Gasteiger partial charge in [-0.2, -0.15) is 5.10 Å².